The third-order valence-corrected chi connectivity index (χ3v) is 3.20. The molecule has 3 rings (SSSR count). The van der Waals surface area contributed by atoms with Gasteiger partial charge in [0.2, 0.25) is 0 Å². The molecule has 5 nitrogen and oxygen atoms in total. The lowest BCUT2D eigenvalue weighted by molar-refractivity contribution is 0.476. The summed E-state index contributed by atoms with van der Waals surface area (Å²) in [4.78, 5) is 7.62. The van der Waals surface area contributed by atoms with Gasteiger partial charge < -0.3 is 10.5 Å². The molecule has 3 aromatic rings. The lowest BCUT2D eigenvalue weighted by Crippen LogP contribution is -2.09. The zero-order valence-corrected chi connectivity index (χ0v) is 12.0. The highest BCUT2D eigenvalue weighted by Gasteiger charge is 2.14. The van der Waals surface area contributed by atoms with Gasteiger partial charge in [-0.15, -0.1) is 0 Å². The Labute approximate surface area is 132 Å². The first kappa shape index (κ1) is 14.6. The number of hydrogen-bond acceptors (Lipinski definition) is 5. The van der Waals surface area contributed by atoms with E-state index in [9.17, 15) is 4.39 Å². The minimum atomic E-state index is -0.577. The molecule has 6 heteroatoms. The highest BCUT2D eigenvalue weighted by atomic mass is 19.1. The molecule has 0 aliphatic heterocycles. The normalized spacial score (nSPS) is 10.3. The predicted molar refractivity (Wildman–Crippen MR) is 85.3 cm³/mol. The molecule has 0 saturated heterocycles. The Bertz CT molecular complexity index is 852. The highest BCUT2D eigenvalue weighted by Crippen LogP contribution is 2.25. The topological polar surface area (TPSA) is 84.9 Å². The minimum Gasteiger partial charge on any atom is -0.457 e. The largest absolute Gasteiger partial charge is 0.457 e. The molecule has 0 radical (unpaired) electrons. The number of benzene rings is 2. The molecule has 0 atom stereocenters. The average molecular weight is 308 g/mol. The maximum absolute atomic E-state index is 14.3. The van der Waals surface area contributed by atoms with Gasteiger partial charge >= 0.3 is 0 Å². The second-order valence-electron chi connectivity index (χ2n) is 4.75. The predicted octanol–water partition coefficient (Wildman–Crippen LogP) is 3.41. The lowest BCUT2D eigenvalue weighted by atomic mass is 10.0. The van der Waals surface area contributed by atoms with Gasteiger partial charge in [-0.1, -0.05) is 18.2 Å². The van der Waals surface area contributed by atoms with Crippen molar-refractivity contribution in [3.8, 4) is 11.5 Å². The van der Waals surface area contributed by atoms with Crippen LogP contribution in [-0.2, 0) is 0 Å². The molecule has 0 amide bonds. The zero-order chi connectivity index (χ0) is 16.2. The summed E-state index contributed by atoms with van der Waals surface area (Å²) < 4.78 is 19.9. The Hall–Kier alpha value is -3.28. The third kappa shape index (κ3) is 3.16. The van der Waals surface area contributed by atoms with Crippen molar-refractivity contribution in [2.45, 2.75) is 0 Å². The summed E-state index contributed by atoms with van der Waals surface area (Å²) in [6, 6.07) is 13.4. The first-order valence-electron chi connectivity index (χ1n) is 6.82. The van der Waals surface area contributed by atoms with Crippen LogP contribution in [0.2, 0.25) is 0 Å². The van der Waals surface area contributed by atoms with E-state index < -0.39 is 5.82 Å². The quantitative estimate of drug-likeness (QED) is 0.723. The summed E-state index contributed by atoms with van der Waals surface area (Å²) >= 11 is 0. The summed E-state index contributed by atoms with van der Waals surface area (Å²) in [6.45, 7) is 0. The van der Waals surface area contributed by atoms with Gasteiger partial charge in [0.1, 0.15) is 29.5 Å². The van der Waals surface area contributed by atoms with Gasteiger partial charge in [-0.3, -0.25) is 5.41 Å². The molecule has 2 aromatic carbocycles. The maximum atomic E-state index is 14.3. The summed E-state index contributed by atoms with van der Waals surface area (Å²) in [7, 11) is 0. The molecule has 0 fully saturated rings. The van der Waals surface area contributed by atoms with Crippen LogP contribution < -0.4 is 10.5 Å². The number of nitrogen functional groups attached to an aromatic ring is 1. The van der Waals surface area contributed by atoms with E-state index in [4.69, 9.17) is 15.9 Å². The molecule has 0 unspecified atom stereocenters. The van der Waals surface area contributed by atoms with E-state index >= 15 is 0 Å². The van der Waals surface area contributed by atoms with E-state index in [0.717, 1.165) is 0 Å². The molecule has 1 aromatic heterocycles. The monoisotopic (exact) mass is 308 g/mol. The van der Waals surface area contributed by atoms with Crippen LogP contribution in [-0.4, -0.2) is 15.7 Å². The van der Waals surface area contributed by atoms with Gasteiger partial charge in [0.25, 0.3) is 0 Å². The standard InChI is InChI=1S/C17H13FN4O/c18-15-8-12(23-11-4-2-1-3-5-11)6-7-13(15)16(19)14-9-21-10-22-17(14)20/h1-10,19H,(H2,20,21,22). The summed E-state index contributed by atoms with van der Waals surface area (Å²) in [6.07, 6.45) is 2.66. The van der Waals surface area contributed by atoms with Crippen molar-refractivity contribution in [2.75, 3.05) is 5.73 Å². The van der Waals surface area contributed by atoms with Crippen molar-refractivity contribution in [1.82, 2.24) is 9.97 Å². The van der Waals surface area contributed by atoms with E-state index in [1.165, 1.54) is 24.7 Å². The van der Waals surface area contributed by atoms with Crippen LogP contribution in [0.5, 0.6) is 11.5 Å². The van der Waals surface area contributed by atoms with Crippen LogP contribution in [0.25, 0.3) is 0 Å². The van der Waals surface area contributed by atoms with E-state index in [-0.39, 0.29) is 22.7 Å². The Balaban J connectivity index is 1.88. The first-order valence-corrected chi connectivity index (χ1v) is 6.82. The van der Waals surface area contributed by atoms with Gasteiger partial charge in [0.15, 0.2) is 0 Å². The van der Waals surface area contributed by atoms with Crippen LogP contribution in [0.4, 0.5) is 10.2 Å². The van der Waals surface area contributed by atoms with Crippen molar-refractivity contribution in [1.29, 1.82) is 5.41 Å². The number of nitrogens with zero attached hydrogens (tertiary/aromatic N) is 2. The maximum Gasteiger partial charge on any atom is 0.136 e. The van der Waals surface area contributed by atoms with Gasteiger partial charge in [0.05, 0.1) is 11.3 Å². The molecule has 0 bridgehead atoms. The summed E-state index contributed by atoms with van der Waals surface area (Å²) in [5, 5.41) is 8.10. The fraction of sp³-hybridized carbons (Fsp3) is 0. The van der Waals surface area contributed by atoms with Gasteiger partial charge in [0, 0.05) is 17.8 Å². The van der Waals surface area contributed by atoms with Crippen molar-refractivity contribution in [2.24, 2.45) is 0 Å². The van der Waals surface area contributed by atoms with Crippen LogP contribution in [0, 0.1) is 11.2 Å². The van der Waals surface area contributed by atoms with E-state index in [1.807, 2.05) is 18.2 Å². The Kier molecular flexibility index (Phi) is 3.97. The van der Waals surface area contributed by atoms with Crippen LogP contribution in [0.1, 0.15) is 11.1 Å². The van der Waals surface area contributed by atoms with Crippen molar-refractivity contribution < 1.29 is 9.13 Å². The SMILES string of the molecule is N=C(c1ccc(Oc2ccccc2)cc1F)c1cncnc1N. The zero-order valence-electron chi connectivity index (χ0n) is 12.0. The second-order valence-corrected chi connectivity index (χ2v) is 4.75. The Morgan fingerprint density at radius 3 is 2.52 bits per heavy atom. The van der Waals surface area contributed by atoms with E-state index in [1.54, 1.807) is 18.2 Å². The molecule has 23 heavy (non-hydrogen) atoms. The summed E-state index contributed by atoms with van der Waals surface area (Å²) in [5.41, 5.74) is 6.01. The number of hydrogen-bond donors (Lipinski definition) is 2. The van der Waals surface area contributed by atoms with Gasteiger partial charge in [-0.25, -0.2) is 14.4 Å². The minimum absolute atomic E-state index is 0.0770. The van der Waals surface area contributed by atoms with Gasteiger partial charge in [-0.2, -0.15) is 0 Å². The van der Waals surface area contributed by atoms with Crippen LogP contribution in [0.3, 0.4) is 0 Å². The molecule has 114 valence electrons. The highest BCUT2D eigenvalue weighted by molar-refractivity contribution is 6.13. The number of rotatable bonds is 4. The molecule has 3 N–H and O–H groups in total. The van der Waals surface area contributed by atoms with E-state index in [2.05, 4.69) is 9.97 Å². The second kappa shape index (κ2) is 6.23. The molecular formula is C17H13FN4O. The number of ether oxygens (including phenoxy) is 1. The van der Waals surface area contributed by atoms with Gasteiger partial charge in [-0.05, 0) is 24.3 Å². The third-order valence-electron chi connectivity index (χ3n) is 3.20. The van der Waals surface area contributed by atoms with Crippen molar-refractivity contribution in [3.63, 3.8) is 0 Å². The average Bonchev–Trinajstić information content (AvgIpc) is 2.56. The van der Waals surface area contributed by atoms with Crippen molar-refractivity contribution in [3.05, 3.63) is 78.0 Å². The number of nitrogens with one attached hydrogen (secondary N) is 1. The number of aromatic nitrogens is 2. The van der Waals surface area contributed by atoms with Crippen LogP contribution >= 0.6 is 0 Å². The van der Waals surface area contributed by atoms with E-state index in [0.29, 0.717) is 11.5 Å². The van der Waals surface area contributed by atoms with Crippen molar-refractivity contribution >= 4 is 11.5 Å². The number of halogens is 1. The number of nitrogens with two attached hydrogens (primary N) is 1. The number of para-hydroxylation sites is 1. The Morgan fingerprint density at radius 1 is 1.04 bits per heavy atom. The first-order chi connectivity index (χ1) is 11.1. The molecule has 0 spiro atoms. The fourth-order valence-electron chi connectivity index (χ4n) is 2.06. The molecular weight excluding hydrogens is 295 g/mol. The molecule has 0 saturated carbocycles. The Morgan fingerprint density at radius 2 is 1.83 bits per heavy atom. The molecule has 0 aliphatic carbocycles. The number of anilines is 1. The smallest absolute Gasteiger partial charge is 0.136 e. The lowest BCUT2D eigenvalue weighted by Gasteiger charge is -2.10. The van der Waals surface area contributed by atoms with Crippen LogP contribution in [0.15, 0.2) is 61.1 Å². The molecule has 1 heterocycles. The molecule has 0 aliphatic rings. The summed E-state index contributed by atoms with van der Waals surface area (Å²) in [5.74, 6) is 0.513. The fourth-order valence-corrected chi connectivity index (χ4v) is 2.06.